The number of morpholine rings is 2. The summed E-state index contributed by atoms with van der Waals surface area (Å²) in [4.78, 5) is 5.91. The first-order valence-corrected chi connectivity index (χ1v) is 8.24. The van der Waals surface area contributed by atoms with Crippen LogP contribution in [0.1, 0.15) is 54.4 Å². The molecule has 0 aromatic carbocycles. The van der Waals surface area contributed by atoms with E-state index in [1.54, 1.807) is 0 Å². The van der Waals surface area contributed by atoms with E-state index < -0.39 is 0 Å². The SMILES string of the molecule is CC1(C)CN(ON2CCOC(C)(C)C2)CCO1.CCCC. The standard InChI is InChI=1S/C12H24N2O3.C4H10/c1-11(2)9-13(5-7-15-11)17-14-6-8-16-12(3,4)10-14;1-3-4-2/h5-10H2,1-4H3;3-4H2,1-2H3. The molecule has 2 saturated heterocycles. The number of rotatable bonds is 3. The molecule has 2 aliphatic rings. The summed E-state index contributed by atoms with van der Waals surface area (Å²) in [7, 11) is 0. The van der Waals surface area contributed by atoms with Crippen LogP contribution in [-0.4, -0.2) is 60.7 Å². The van der Waals surface area contributed by atoms with Gasteiger partial charge in [-0.05, 0) is 27.7 Å². The Balaban J connectivity index is 0.000000491. The van der Waals surface area contributed by atoms with E-state index in [1.165, 1.54) is 12.8 Å². The van der Waals surface area contributed by atoms with Gasteiger partial charge < -0.3 is 9.47 Å². The molecule has 0 saturated carbocycles. The summed E-state index contributed by atoms with van der Waals surface area (Å²) < 4.78 is 11.3. The average Bonchev–Trinajstić information content (AvgIpc) is 2.36. The molecule has 2 heterocycles. The zero-order valence-corrected chi connectivity index (χ0v) is 14.8. The number of hydroxylamine groups is 4. The van der Waals surface area contributed by atoms with Crippen molar-refractivity contribution in [3.63, 3.8) is 0 Å². The summed E-state index contributed by atoms with van der Waals surface area (Å²) in [6, 6.07) is 0. The molecule has 126 valence electrons. The van der Waals surface area contributed by atoms with E-state index in [-0.39, 0.29) is 11.2 Å². The zero-order chi connectivity index (χ0) is 15.9. The Labute approximate surface area is 130 Å². The number of hydrogen-bond acceptors (Lipinski definition) is 5. The molecule has 0 aromatic heterocycles. The minimum atomic E-state index is -0.125. The van der Waals surface area contributed by atoms with Crippen LogP contribution in [0.2, 0.25) is 0 Å². The second kappa shape index (κ2) is 8.44. The van der Waals surface area contributed by atoms with Crippen LogP contribution < -0.4 is 0 Å². The van der Waals surface area contributed by atoms with Gasteiger partial charge in [0.15, 0.2) is 0 Å². The number of hydrogen-bond donors (Lipinski definition) is 0. The number of nitrogens with zero attached hydrogens (tertiary/aromatic N) is 2. The van der Waals surface area contributed by atoms with Gasteiger partial charge in [-0.25, -0.2) is 4.94 Å². The molecule has 2 fully saturated rings. The molecule has 0 aromatic rings. The van der Waals surface area contributed by atoms with Crippen molar-refractivity contribution in [2.75, 3.05) is 39.4 Å². The predicted molar refractivity (Wildman–Crippen MR) is 84.9 cm³/mol. The van der Waals surface area contributed by atoms with Gasteiger partial charge in [-0.2, -0.15) is 10.1 Å². The van der Waals surface area contributed by atoms with Crippen LogP contribution in [0, 0.1) is 0 Å². The summed E-state index contributed by atoms with van der Waals surface area (Å²) in [6.45, 7) is 17.4. The van der Waals surface area contributed by atoms with Crippen molar-refractivity contribution in [2.45, 2.75) is 65.6 Å². The molecule has 0 spiro atoms. The van der Waals surface area contributed by atoms with E-state index in [0.717, 1.165) is 39.4 Å². The van der Waals surface area contributed by atoms with Crippen LogP contribution in [0.25, 0.3) is 0 Å². The number of unbranched alkanes of at least 4 members (excludes halogenated alkanes) is 1. The van der Waals surface area contributed by atoms with Crippen LogP contribution in [0.15, 0.2) is 0 Å². The maximum atomic E-state index is 5.91. The van der Waals surface area contributed by atoms with Crippen molar-refractivity contribution in [2.24, 2.45) is 0 Å². The Hall–Kier alpha value is -0.200. The summed E-state index contributed by atoms with van der Waals surface area (Å²) in [5, 5.41) is 3.98. The Kier molecular flexibility index (Phi) is 7.57. The first kappa shape index (κ1) is 18.8. The quantitative estimate of drug-likeness (QED) is 0.801. The van der Waals surface area contributed by atoms with E-state index in [2.05, 4.69) is 41.5 Å². The van der Waals surface area contributed by atoms with Crippen LogP contribution in [0.4, 0.5) is 0 Å². The number of ether oxygens (including phenoxy) is 2. The van der Waals surface area contributed by atoms with Crippen LogP contribution in [-0.2, 0) is 14.4 Å². The molecule has 5 nitrogen and oxygen atoms in total. The molecule has 0 bridgehead atoms. The van der Waals surface area contributed by atoms with Gasteiger partial charge in [-0.3, -0.25) is 0 Å². The molecule has 0 amide bonds. The molecule has 5 heteroatoms. The lowest BCUT2D eigenvalue weighted by Crippen LogP contribution is -2.54. The third kappa shape index (κ3) is 7.56. The molecule has 2 aliphatic heterocycles. The third-order valence-corrected chi connectivity index (χ3v) is 3.51. The highest BCUT2D eigenvalue weighted by molar-refractivity contribution is 4.77. The topological polar surface area (TPSA) is 34.2 Å². The van der Waals surface area contributed by atoms with Crippen molar-refractivity contribution >= 4 is 0 Å². The molecular formula is C16H34N2O3. The van der Waals surface area contributed by atoms with Gasteiger partial charge in [0, 0.05) is 13.1 Å². The van der Waals surface area contributed by atoms with Gasteiger partial charge in [0.25, 0.3) is 0 Å². The molecule has 0 radical (unpaired) electrons. The monoisotopic (exact) mass is 302 g/mol. The van der Waals surface area contributed by atoms with Crippen molar-refractivity contribution in [1.82, 2.24) is 10.1 Å². The van der Waals surface area contributed by atoms with E-state index in [1.807, 2.05) is 10.1 Å². The van der Waals surface area contributed by atoms with Crippen molar-refractivity contribution < 1.29 is 14.4 Å². The molecule has 0 aliphatic carbocycles. The Bertz CT molecular complexity index is 267. The van der Waals surface area contributed by atoms with Crippen LogP contribution >= 0.6 is 0 Å². The lowest BCUT2D eigenvalue weighted by Gasteiger charge is -2.42. The highest BCUT2D eigenvalue weighted by atomic mass is 16.8. The van der Waals surface area contributed by atoms with Crippen LogP contribution in [0.5, 0.6) is 0 Å². The van der Waals surface area contributed by atoms with Gasteiger partial charge in [0.1, 0.15) is 0 Å². The lowest BCUT2D eigenvalue weighted by atomic mass is 10.1. The minimum Gasteiger partial charge on any atom is -0.373 e. The molecule has 21 heavy (non-hydrogen) atoms. The lowest BCUT2D eigenvalue weighted by molar-refractivity contribution is -0.372. The predicted octanol–water partition coefficient (Wildman–Crippen LogP) is 2.86. The van der Waals surface area contributed by atoms with E-state index in [9.17, 15) is 0 Å². The average molecular weight is 302 g/mol. The maximum absolute atomic E-state index is 5.91. The second-order valence-corrected chi connectivity index (χ2v) is 7.03. The first-order chi connectivity index (χ1) is 9.78. The van der Waals surface area contributed by atoms with Gasteiger partial charge >= 0.3 is 0 Å². The summed E-state index contributed by atoms with van der Waals surface area (Å²) in [5.41, 5.74) is -0.250. The van der Waals surface area contributed by atoms with Crippen molar-refractivity contribution in [3.05, 3.63) is 0 Å². The third-order valence-electron chi connectivity index (χ3n) is 3.51. The minimum absolute atomic E-state index is 0.125. The Morgan fingerprint density at radius 2 is 1.19 bits per heavy atom. The molecule has 0 atom stereocenters. The Morgan fingerprint density at radius 1 is 0.810 bits per heavy atom. The smallest absolute Gasteiger partial charge is 0.0777 e. The van der Waals surface area contributed by atoms with E-state index in [4.69, 9.17) is 14.4 Å². The maximum Gasteiger partial charge on any atom is 0.0777 e. The molecular weight excluding hydrogens is 268 g/mol. The molecule has 0 N–H and O–H groups in total. The highest BCUT2D eigenvalue weighted by Crippen LogP contribution is 2.20. The van der Waals surface area contributed by atoms with Crippen molar-refractivity contribution in [1.29, 1.82) is 0 Å². The van der Waals surface area contributed by atoms with Crippen molar-refractivity contribution in [3.8, 4) is 0 Å². The van der Waals surface area contributed by atoms with Gasteiger partial charge in [0.2, 0.25) is 0 Å². The normalized spacial score (nSPS) is 26.0. The van der Waals surface area contributed by atoms with Gasteiger partial charge in [-0.15, -0.1) is 0 Å². The van der Waals surface area contributed by atoms with Gasteiger partial charge in [0.05, 0.1) is 37.5 Å². The summed E-state index contributed by atoms with van der Waals surface area (Å²) in [5.74, 6) is 0. The van der Waals surface area contributed by atoms with Crippen LogP contribution in [0.3, 0.4) is 0 Å². The van der Waals surface area contributed by atoms with Gasteiger partial charge in [-0.1, -0.05) is 26.7 Å². The fourth-order valence-electron chi connectivity index (χ4n) is 2.25. The fourth-order valence-corrected chi connectivity index (χ4v) is 2.25. The summed E-state index contributed by atoms with van der Waals surface area (Å²) >= 11 is 0. The fraction of sp³-hybridized carbons (Fsp3) is 1.00. The highest BCUT2D eigenvalue weighted by Gasteiger charge is 2.32. The summed E-state index contributed by atoms with van der Waals surface area (Å²) in [6.07, 6.45) is 2.64. The molecule has 0 unspecified atom stereocenters. The van der Waals surface area contributed by atoms with E-state index in [0.29, 0.717) is 0 Å². The zero-order valence-electron chi connectivity index (χ0n) is 14.8. The first-order valence-electron chi connectivity index (χ1n) is 8.24. The molecule has 2 rings (SSSR count). The second-order valence-electron chi connectivity index (χ2n) is 7.03. The largest absolute Gasteiger partial charge is 0.373 e. The van der Waals surface area contributed by atoms with E-state index >= 15 is 0 Å². The Morgan fingerprint density at radius 3 is 1.48 bits per heavy atom.